The van der Waals surface area contributed by atoms with Gasteiger partial charge in [0.15, 0.2) is 0 Å². The maximum Gasteiger partial charge on any atom is 0.268 e. The molecule has 1 heterocycles. The van der Waals surface area contributed by atoms with E-state index in [0.29, 0.717) is 21.7 Å². The molecule has 22 heavy (non-hydrogen) atoms. The fourth-order valence-corrected chi connectivity index (χ4v) is 2.50. The molecule has 2 rings (SSSR count). The van der Waals surface area contributed by atoms with E-state index in [2.05, 4.69) is 10.7 Å². The minimum absolute atomic E-state index is 0.290. The zero-order valence-corrected chi connectivity index (χ0v) is 12.9. The Bertz CT molecular complexity index is 729. The second kappa shape index (κ2) is 6.85. The molecule has 0 aliphatic carbocycles. The number of nitrogens with zero attached hydrogens (tertiary/aromatic N) is 2. The van der Waals surface area contributed by atoms with Crippen molar-refractivity contribution in [2.75, 3.05) is 19.4 Å². The van der Waals surface area contributed by atoms with Gasteiger partial charge < -0.3 is 5.32 Å². The number of hydrogen-bond donors (Lipinski definition) is 2. The highest BCUT2D eigenvalue weighted by Gasteiger charge is 2.16. The van der Waals surface area contributed by atoms with E-state index in [1.807, 2.05) is 6.07 Å². The topological polar surface area (TPSA) is 85.2 Å². The van der Waals surface area contributed by atoms with Crippen molar-refractivity contribution in [3.63, 3.8) is 0 Å². The number of nitrogens with one attached hydrogen (secondary N) is 2. The Morgan fingerprint density at radius 2 is 1.82 bits per heavy atom. The highest BCUT2D eigenvalue weighted by atomic mass is 32.1. The molecule has 6 nitrogen and oxygen atoms in total. The van der Waals surface area contributed by atoms with Crippen LogP contribution in [0.3, 0.4) is 0 Å². The number of carbonyl (C=O) groups excluding carboxylic acids is 2. The minimum atomic E-state index is -0.328. The third-order valence-corrected chi connectivity index (χ3v) is 3.57. The largest absolute Gasteiger partial charge is 0.313 e. The van der Waals surface area contributed by atoms with E-state index >= 15 is 0 Å². The van der Waals surface area contributed by atoms with Crippen LogP contribution in [0.1, 0.15) is 26.3 Å². The van der Waals surface area contributed by atoms with Gasteiger partial charge in [0.2, 0.25) is 0 Å². The lowest BCUT2D eigenvalue weighted by atomic mass is 10.1. The zero-order valence-electron chi connectivity index (χ0n) is 12.1. The van der Waals surface area contributed by atoms with E-state index in [0.717, 1.165) is 0 Å². The predicted octanol–water partition coefficient (Wildman–Crippen LogP) is 2.08. The lowest BCUT2D eigenvalue weighted by Crippen LogP contribution is -2.36. The lowest BCUT2D eigenvalue weighted by Gasteiger charge is -2.12. The van der Waals surface area contributed by atoms with E-state index in [1.165, 1.54) is 16.3 Å². The van der Waals surface area contributed by atoms with Crippen molar-refractivity contribution in [3.05, 3.63) is 52.4 Å². The number of rotatable bonds is 4. The predicted molar refractivity (Wildman–Crippen MR) is 84.6 cm³/mol. The van der Waals surface area contributed by atoms with Gasteiger partial charge in [-0.3, -0.25) is 15.0 Å². The van der Waals surface area contributed by atoms with Gasteiger partial charge >= 0.3 is 0 Å². The van der Waals surface area contributed by atoms with Gasteiger partial charge in [0, 0.05) is 19.7 Å². The monoisotopic (exact) mass is 314 g/mol. The molecule has 112 valence electrons. The number of anilines is 1. The van der Waals surface area contributed by atoms with Gasteiger partial charge in [0.25, 0.3) is 11.8 Å². The molecule has 2 amide bonds. The van der Waals surface area contributed by atoms with Crippen LogP contribution in [0.5, 0.6) is 0 Å². The number of carbonyl (C=O) groups is 2. The van der Waals surface area contributed by atoms with Crippen LogP contribution in [0.15, 0.2) is 35.7 Å². The standard InChI is InChI=1S/C15H14N4O2S/c1-19(2)18-14(21)12-7-8-22-15(12)17-13(20)11-5-3-10(9-16)4-6-11/h3-8H,1-2H3,(H,17,20)(H,18,21). The van der Waals surface area contributed by atoms with Crippen LogP contribution < -0.4 is 10.7 Å². The molecule has 0 atom stereocenters. The second-order valence-electron chi connectivity index (χ2n) is 4.64. The molecule has 0 unspecified atom stereocenters. The van der Waals surface area contributed by atoms with E-state index < -0.39 is 0 Å². The van der Waals surface area contributed by atoms with E-state index in [-0.39, 0.29) is 11.8 Å². The third-order valence-electron chi connectivity index (χ3n) is 2.74. The first-order valence-electron chi connectivity index (χ1n) is 6.38. The average Bonchev–Trinajstić information content (AvgIpc) is 2.95. The Morgan fingerprint density at radius 3 is 2.41 bits per heavy atom. The summed E-state index contributed by atoms with van der Waals surface area (Å²) in [4.78, 5) is 24.2. The normalized spacial score (nSPS) is 10.1. The number of benzene rings is 1. The summed E-state index contributed by atoms with van der Waals surface area (Å²) < 4.78 is 0. The quantitative estimate of drug-likeness (QED) is 0.846. The summed E-state index contributed by atoms with van der Waals surface area (Å²) in [5, 5.41) is 15.2. The van der Waals surface area contributed by atoms with Crippen LogP contribution >= 0.6 is 11.3 Å². The Balaban J connectivity index is 2.14. The van der Waals surface area contributed by atoms with Crippen LogP contribution in [-0.4, -0.2) is 30.9 Å². The summed E-state index contributed by atoms with van der Waals surface area (Å²) >= 11 is 1.27. The van der Waals surface area contributed by atoms with Crippen molar-refractivity contribution >= 4 is 28.2 Å². The van der Waals surface area contributed by atoms with Crippen molar-refractivity contribution in [1.29, 1.82) is 5.26 Å². The summed E-state index contributed by atoms with van der Waals surface area (Å²) in [7, 11) is 3.42. The van der Waals surface area contributed by atoms with Crippen molar-refractivity contribution in [1.82, 2.24) is 10.4 Å². The molecular formula is C15H14N4O2S. The average molecular weight is 314 g/mol. The first kappa shape index (κ1) is 15.7. The van der Waals surface area contributed by atoms with Crippen molar-refractivity contribution < 1.29 is 9.59 Å². The van der Waals surface area contributed by atoms with E-state index in [4.69, 9.17) is 5.26 Å². The fraction of sp³-hybridized carbons (Fsp3) is 0.133. The van der Waals surface area contributed by atoms with Crippen LogP contribution in [0.25, 0.3) is 0 Å². The lowest BCUT2D eigenvalue weighted by molar-refractivity contribution is 0.0858. The number of nitriles is 1. The van der Waals surface area contributed by atoms with Gasteiger partial charge in [-0.1, -0.05) is 0 Å². The highest BCUT2D eigenvalue weighted by molar-refractivity contribution is 7.14. The van der Waals surface area contributed by atoms with Crippen LogP contribution in [-0.2, 0) is 0 Å². The Labute approximate surface area is 131 Å². The second-order valence-corrected chi connectivity index (χ2v) is 5.56. The summed E-state index contributed by atoms with van der Waals surface area (Å²) in [6, 6.07) is 9.93. The molecule has 0 radical (unpaired) electrons. The fourth-order valence-electron chi connectivity index (χ4n) is 1.72. The molecule has 1 aromatic carbocycles. The smallest absolute Gasteiger partial charge is 0.268 e. The SMILES string of the molecule is CN(C)NC(=O)c1ccsc1NC(=O)c1ccc(C#N)cc1. The van der Waals surface area contributed by atoms with Crippen molar-refractivity contribution in [2.45, 2.75) is 0 Å². The minimum Gasteiger partial charge on any atom is -0.313 e. The van der Waals surface area contributed by atoms with Gasteiger partial charge in [-0.25, -0.2) is 5.01 Å². The molecule has 0 bridgehead atoms. The number of hydrogen-bond acceptors (Lipinski definition) is 5. The summed E-state index contributed by atoms with van der Waals surface area (Å²) in [5.41, 5.74) is 3.94. The molecule has 0 aliphatic rings. The number of amides is 2. The number of thiophene rings is 1. The Kier molecular flexibility index (Phi) is 4.88. The van der Waals surface area contributed by atoms with Gasteiger partial charge in [0.1, 0.15) is 5.00 Å². The molecule has 0 aliphatic heterocycles. The Morgan fingerprint density at radius 1 is 1.14 bits per heavy atom. The van der Waals surface area contributed by atoms with Crippen LogP contribution in [0, 0.1) is 11.3 Å². The molecule has 1 aromatic heterocycles. The van der Waals surface area contributed by atoms with Gasteiger partial charge in [-0.05, 0) is 35.7 Å². The molecule has 0 spiro atoms. The van der Waals surface area contributed by atoms with E-state index in [1.54, 1.807) is 49.8 Å². The molecule has 7 heteroatoms. The molecule has 0 saturated carbocycles. The van der Waals surface area contributed by atoms with Crippen LogP contribution in [0.2, 0.25) is 0 Å². The molecule has 2 N–H and O–H groups in total. The highest BCUT2D eigenvalue weighted by Crippen LogP contribution is 2.24. The first-order valence-corrected chi connectivity index (χ1v) is 7.26. The maximum absolute atomic E-state index is 12.2. The summed E-state index contributed by atoms with van der Waals surface area (Å²) in [6.07, 6.45) is 0. The molecular weight excluding hydrogens is 300 g/mol. The van der Waals surface area contributed by atoms with Gasteiger partial charge in [0.05, 0.1) is 17.2 Å². The first-order chi connectivity index (χ1) is 10.5. The van der Waals surface area contributed by atoms with Crippen molar-refractivity contribution in [3.8, 4) is 6.07 Å². The van der Waals surface area contributed by atoms with Gasteiger partial charge in [-0.2, -0.15) is 5.26 Å². The maximum atomic E-state index is 12.2. The van der Waals surface area contributed by atoms with Crippen molar-refractivity contribution in [2.24, 2.45) is 0 Å². The third kappa shape index (κ3) is 3.69. The molecule has 2 aromatic rings. The zero-order chi connectivity index (χ0) is 16.1. The summed E-state index contributed by atoms with van der Waals surface area (Å²) in [5.74, 6) is -0.618. The summed E-state index contributed by atoms with van der Waals surface area (Å²) in [6.45, 7) is 0. The molecule has 0 saturated heterocycles. The Hall–Kier alpha value is -2.69. The van der Waals surface area contributed by atoms with E-state index in [9.17, 15) is 9.59 Å². The van der Waals surface area contributed by atoms with Crippen LogP contribution in [0.4, 0.5) is 5.00 Å². The molecule has 0 fully saturated rings. The number of hydrazine groups is 1. The van der Waals surface area contributed by atoms with Gasteiger partial charge in [-0.15, -0.1) is 11.3 Å².